The smallest absolute Gasteiger partial charge is 0.322 e. The molecule has 1 amide bonds. The summed E-state index contributed by atoms with van der Waals surface area (Å²) in [6, 6.07) is 17.5. The molecule has 3 aromatic carbocycles. The number of carboxylic acid groups (broad SMARTS) is 1. The number of aromatic nitrogens is 1. The van der Waals surface area contributed by atoms with Crippen LogP contribution in [0.4, 0.5) is 0 Å². The van der Waals surface area contributed by atoms with Gasteiger partial charge in [-0.05, 0) is 55.3 Å². The third kappa shape index (κ3) is 4.96. The number of hydrogen-bond acceptors (Lipinski definition) is 6. The number of benzene rings is 3. The molecule has 0 saturated carbocycles. The number of aliphatic carboxylic acids is 1. The third-order valence-electron chi connectivity index (χ3n) is 5.43. The van der Waals surface area contributed by atoms with Gasteiger partial charge in [0, 0.05) is 28.1 Å². The highest BCUT2D eigenvalue weighted by Crippen LogP contribution is 2.34. The van der Waals surface area contributed by atoms with Gasteiger partial charge in [0.15, 0.2) is 17.2 Å². The van der Waals surface area contributed by atoms with E-state index in [2.05, 4.69) is 10.3 Å². The Bertz CT molecular complexity index is 1440. The van der Waals surface area contributed by atoms with Crippen molar-refractivity contribution in [3.63, 3.8) is 0 Å². The molecular weight excluding hydrogens is 448 g/mol. The number of carbonyl (C=O) groups is 3. The summed E-state index contributed by atoms with van der Waals surface area (Å²) in [5, 5.41) is 22.3. The molecule has 1 heterocycles. The molecule has 0 aliphatic heterocycles. The maximum Gasteiger partial charge on any atom is 0.322 e. The summed E-state index contributed by atoms with van der Waals surface area (Å²) >= 11 is 0. The molecule has 0 aliphatic carbocycles. The highest BCUT2D eigenvalue weighted by molar-refractivity contribution is 6.09. The Kier molecular flexibility index (Phi) is 6.46. The lowest BCUT2D eigenvalue weighted by atomic mass is 9.98. The predicted molar refractivity (Wildman–Crippen MR) is 129 cm³/mol. The van der Waals surface area contributed by atoms with Crippen molar-refractivity contribution in [1.29, 1.82) is 0 Å². The maximum absolute atomic E-state index is 12.8. The summed E-state index contributed by atoms with van der Waals surface area (Å²) < 4.78 is 6.11. The van der Waals surface area contributed by atoms with Crippen molar-refractivity contribution in [2.45, 2.75) is 13.8 Å². The number of nitrogens with zero attached hydrogens (tertiary/aromatic N) is 1. The van der Waals surface area contributed by atoms with Crippen molar-refractivity contribution in [2.24, 2.45) is 0 Å². The monoisotopic (exact) mass is 470 g/mol. The van der Waals surface area contributed by atoms with Crippen molar-refractivity contribution in [3.05, 3.63) is 94.8 Å². The van der Waals surface area contributed by atoms with Gasteiger partial charge in [-0.1, -0.05) is 30.3 Å². The zero-order valence-electron chi connectivity index (χ0n) is 19.0. The van der Waals surface area contributed by atoms with E-state index in [1.807, 2.05) is 32.0 Å². The first-order valence-corrected chi connectivity index (χ1v) is 10.7. The minimum atomic E-state index is -1.21. The van der Waals surface area contributed by atoms with E-state index in [1.54, 1.807) is 42.5 Å². The standard InChI is InChI=1S/C27H22N2O6/c1-15-10-18(24(32)17-6-4-3-5-7-17)11-16(2)26(15)35-20-8-9-21-19(12-20)13-28-23(25(21)33)27(34)29-14-22(30)31/h3-13,33H,14H2,1-2H3,(H,29,34)(H,30,31). The zero-order chi connectivity index (χ0) is 25.1. The van der Waals surface area contributed by atoms with Crippen LogP contribution in [0.5, 0.6) is 17.2 Å². The lowest BCUT2D eigenvalue weighted by molar-refractivity contribution is -0.135. The second kappa shape index (κ2) is 9.64. The molecule has 0 aliphatic rings. The van der Waals surface area contributed by atoms with Gasteiger partial charge in [-0.3, -0.25) is 14.4 Å². The largest absolute Gasteiger partial charge is 0.505 e. The average Bonchev–Trinajstić information content (AvgIpc) is 2.85. The Morgan fingerprint density at radius 3 is 2.29 bits per heavy atom. The summed E-state index contributed by atoms with van der Waals surface area (Å²) in [7, 11) is 0. The lowest BCUT2D eigenvalue weighted by Gasteiger charge is -2.14. The van der Waals surface area contributed by atoms with Crippen LogP contribution in [-0.2, 0) is 4.79 Å². The third-order valence-corrected chi connectivity index (χ3v) is 5.43. The molecule has 0 bridgehead atoms. The summed E-state index contributed by atoms with van der Waals surface area (Å²) in [4.78, 5) is 39.6. The van der Waals surface area contributed by atoms with Crippen LogP contribution in [0.1, 0.15) is 37.5 Å². The Labute approximate surface area is 200 Å². The van der Waals surface area contributed by atoms with Crippen LogP contribution in [0.3, 0.4) is 0 Å². The normalized spacial score (nSPS) is 10.7. The SMILES string of the molecule is Cc1cc(C(=O)c2ccccc2)cc(C)c1Oc1ccc2c(O)c(C(=O)NCC(=O)O)ncc2c1. The second-order valence-corrected chi connectivity index (χ2v) is 8.02. The van der Waals surface area contributed by atoms with Crippen LogP contribution in [0.15, 0.2) is 66.9 Å². The van der Waals surface area contributed by atoms with Gasteiger partial charge in [0.2, 0.25) is 0 Å². The van der Waals surface area contributed by atoms with E-state index in [4.69, 9.17) is 9.84 Å². The van der Waals surface area contributed by atoms with Crippen molar-refractivity contribution >= 4 is 28.4 Å². The first-order valence-electron chi connectivity index (χ1n) is 10.7. The minimum absolute atomic E-state index is 0.0706. The van der Waals surface area contributed by atoms with Crippen molar-refractivity contribution < 1.29 is 29.3 Å². The number of rotatable bonds is 7. The van der Waals surface area contributed by atoms with Gasteiger partial charge in [0.25, 0.3) is 5.91 Å². The molecule has 8 nitrogen and oxygen atoms in total. The molecule has 176 valence electrons. The first kappa shape index (κ1) is 23.4. The number of pyridine rings is 1. The number of hydrogen-bond donors (Lipinski definition) is 3. The Morgan fingerprint density at radius 1 is 0.943 bits per heavy atom. The van der Waals surface area contributed by atoms with E-state index >= 15 is 0 Å². The molecule has 0 fully saturated rings. The summed E-state index contributed by atoms with van der Waals surface area (Å²) in [5.74, 6) is -1.33. The van der Waals surface area contributed by atoms with Gasteiger partial charge in [0.1, 0.15) is 18.0 Å². The quantitative estimate of drug-likeness (QED) is 0.342. The molecule has 4 rings (SSSR count). The maximum atomic E-state index is 12.8. The number of aromatic hydroxyl groups is 1. The number of aryl methyl sites for hydroxylation is 2. The van der Waals surface area contributed by atoms with E-state index in [0.717, 1.165) is 11.1 Å². The fourth-order valence-corrected chi connectivity index (χ4v) is 3.77. The van der Waals surface area contributed by atoms with Crippen LogP contribution < -0.4 is 10.1 Å². The molecule has 0 atom stereocenters. The molecule has 0 spiro atoms. The number of amides is 1. The number of fused-ring (bicyclic) bond motifs is 1. The highest BCUT2D eigenvalue weighted by Gasteiger charge is 2.18. The van der Waals surface area contributed by atoms with E-state index in [1.165, 1.54) is 6.20 Å². The Balaban J connectivity index is 1.60. The predicted octanol–water partition coefficient (Wildman–Crippen LogP) is 4.39. The second-order valence-electron chi connectivity index (χ2n) is 8.02. The van der Waals surface area contributed by atoms with E-state index in [9.17, 15) is 19.5 Å². The van der Waals surface area contributed by atoms with Crippen LogP contribution in [0.2, 0.25) is 0 Å². The summed E-state index contributed by atoms with van der Waals surface area (Å²) in [6.07, 6.45) is 1.40. The Morgan fingerprint density at radius 2 is 1.63 bits per heavy atom. The topological polar surface area (TPSA) is 126 Å². The Hall–Kier alpha value is -4.72. The van der Waals surface area contributed by atoms with Gasteiger partial charge in [-0.25, -0.2) is 4.98 Å². The van der Waals surface area contributed by atoms with Crippen molar-refractivity contribution in [3.8, 4) is 17.2 Å². The highest BCUT2D eigenvalue weighted by atomic mass is 16.5. The average molecular weight is 470 g/mol. The summed E-state index contributed by atoms with van der Waals surface area (Å²) in [6.45, 7) is 3.14. The van der Waals surface area contributed by atoms with E-state index in [0.29, 0.717) is 33.4 Å². The van der Waals surface area contributed by atoms with E-state index in [-0.39, 0.29) is 17.2 Å². The van der Waals surface area contributed by atoms with Crippen LogP contribution in [-0.4, -0.2) is 39.4 Å². The lowest BCUT2D eigenvalue weighted by Crippen LogP contribution is -2.29. The fourth-order valence-electron chi connectivity index (χ4n) is 3.77. The summed E-state index contributed by atoms with van der Waals surface area (Å²) in [5.41, 5.74) is 2.49. The molecule has 35 heavy (non-hydrogen) atoms. The van der Waals surface area contributed by atoms with Gasteiger partial charge < -0.3 is 20.3 Å². The number of ketones is 1. The number of carbonyl (C=O) groups excluding carboxylic acids is 2. The minimum Gasteiger partial charge on any atom is -0.505 e. The molecule has 0 radical (unpaired) electrons. The van der Waals surface area contributed by atoms with Crippen LogP contribution in [0.25, 0.3) is 10.8 Å². The molecular formula is C27H22N2O6. The van der Waals surface area contributed by atoms with Gasteiger partial charge in [0.05, 0.1) is 0 Å². The van der Waals surface area contributed by atoms with E-state index < -0.39 is 18.4 Å². The van der Waals surface area contributed by atoms with Gasteiger partial charge in [-0.2, -0.15) is 0 Å². The molecule has 0 unspecified atom stereocenters. The van der Waals surface area contributed by atoms with Crippen LogP contribution >= 0.6 is 0 Å². The number of ether oxygens (including phenoxy) is 1. The molecule has 4 aromatic rings. The van der Waals surface area contributed by atoms with Gasteiger partial charge in [-0.15, -0.1) is 0 Å². The number of nitrogens with one attached hydrogen (secondary N) is 1. The molecule has 3 N–H and O–H groups in total. The molecule has 1 aromatic heterocycles. The molecule has 8 heteroatoms. The number of carboxylic acids is 1. The molecule has 0 saturated heterocycles. The zero-order valence-corrected chi connectivity index (χ0v) is 19.0. The van der Waals surface area contributed by atoms with Gasteiger partial charge >= 0.3 is 5.97 Å². The van der Waals surface area contributed by atoms with Crippen molar-refractivity contribution in [1.82, 2.24) is 10.3 Å². The van der Waals surface area contributed by atoms with Crippen molar-refractivity contribution in [2.75, 3.05) is 6.54 Å². The first-order chi connectivity index (χ1) is 16.7. The van der Waals surface area contributed by atoms with Crippen LogP contribution in [0, 0.1) is 13.8 Å². The fraction of sp³-hybridized carbons (Fsp3) is 0.111.